The Balaban J connectivity index is 4.01. The van der Waals surface area contributed by atoms with Crippen molar-refractivity contribution < 1.29 is 23.0 Å². The van der Waals surface area contributed by atoms with Crippen molar-refractivity contribution in [3.8, 4) is 0 Å². The number of quaternary nitrogens is 1. The van der Waals surface area contributed by atoms with Crippen LogP contribution in [0.5, 0.6) is 0 Å². The fourth-order valence-electron chi connectivity index (χ4n) is 0.802. The van der Waals surface area contributed by atoms with Crippen molar-refractivity contribution in [2.75, 3.05) is 34.3 Å². The van der Waals surface area contributed by atoms with Crippen LogP contribution >= 0.6 is 7.82 Å². The summed E-state index contributed by atoms with van der Waals surface area (Å²) in [7, 11) is 2.04. The van der Waals surface area contributed by atoms with E-state index in [4.69, 9.17) is 9.05 Å². The van der Waals surface area contributed by atoms with E-state index < -0.39 is 13.4 Å². The van der Waals surface area contributed by atoms with Crippen molar-refractivity contribution in [3.05, 3.63) is 0 Å². The molecule has 15 heavy (non-hydrogen) atoms. The largest absolute Gasteiger partial charge is 0.472 e. The van der Waals surface area contributed by atoms with E-state index >= 15 is 0 Å². The van der Waals surface area contributed by atoms with Crippen LogP contribution in [0.1, 0.15) is 20.8 Å². The Morgan fingerprint density at radius 1 is 1.27 bits per heavy atom. The number of hydrogen-bond donors (Lipinski definition) is 1. The molecule has 0 saturated carbocycles. The van der Waals surface area contributed by atoms with Gasteiger partial charge in [0.2, 0.25) is 0 Å². The van der Waals surface area contributed by atoms with E-state index in [1.54, 1.807) is 20.8 Å². The molecule has 0 aromatic carbocycles. The third kappa shape index (κ3) is 10.4. The molecule has 0 rings (SSSR count). The van der Waals surface area contributed by atoms with Crippen molar-refractivity contribution in [1.29, 1.82) is 0 Å². The lowest BCUT2D eigenvalue weighted by Crippen LogP contribution is -2.37. The lowest BCUT2D eigenvalue weighted by Gasteiger charge is -2.26. The standard InChI is InChI=1S/C9H22NO4P/c1-9(2,3)14-15(11,12)13-8-7-10(4,5)6/h7-8H2,1-6H3/p+1. The summed E-state index contributed by atoms with van der Waals surface area (Å²) in [6.07, 6.45) is 0. The Labute approximate surface area is 92.2 Å². The number of hydrogen-bond acceptors (Lipinski definition) is 3. The van der Waals surface area contributed by atoms with E-state index in [0.29, 0.717) is 11.0 Å². The monoisotopic (exact) mass is 240 g/mol. The van der Waals surface area contributed by atoms with E-state index in [0.717, 1.165) is 0 Å². The molecule has 0 fully saturated rings. The zero-order chi connectivity index (χ0) is 12.3. The van der Waals surface area contributed by atoms with Crippen LogP contribution in [0.15, 0.2) is 0 Å². The predicted molar refractivity (Wildman–Crippen MR) is 59.5 cm³/mol. The van der Waals surface area contributed by atoms with Crippen LogP contribution in [-0.2, 0) is 13.6 Å². The second kappa shape index (κ2) is 4.93. The van der Waals surface area contributed by atoms with E-state index in [-0.39, 0.29) is 6.61 Å². The molecule has 1 N–H and O–H groups in total. The van der Waals surface area contributed by atoms with Gasteiger partial charge in [0.25, 0.3) is 0 Å². The number of rotatable bonds is 5. The van der Waals surface area contributed by atoms with E-state index in [1.807, 2.05) is 21.1 Å². The first-order chi connectivity index (χ1) is 6.41. The molecule has 0 spiro atoms. The first-order valence-electron chi connectivity index (χ1n) is 4.90. The molecule has 0 aromatic rings. The molecule has 0 amide bonds. The molecule has 0 aromatic heterocycles. The van der Waals surface area contributed by atoms with E-state index in [1.165, 1.54) is 0 Å². The minimum atomic E-state index is -3.91. The first-order valence-corrected chi connectivity index (χ1v) is 6.39. The normalized spacial score (nSPS) is 17.5. The fourth-order valence-corrected chi connectivity index (χ4v) is 1.86. The summed E-state index contributed by atoms with van der Waals surface area (Å²) in [6, 6.07) is 0. The number of nitrogens with zero attached hydrogens (tertiary/aromatic N) is 1. The Morgan fingerprint density at radius 2 is 1.73 bits per heavy atom. The van der Waals surface area contributed by atoms with Gasteiger partial charge in [0.15, 0.2) is 0 Å². The molecule has 0 aliphatic carbocycles. The molecule has 1 unspecified atom stereocenters. The maximum atomic E-state index is 11.4. The highest BCUT2D eigenvalue weighted by molar-refractivity contribution is 7.47. The Bertz CT molecular complexity index is 241. The summed E-state index contributed by atoms with van der Waals surface area (Å²) in [5, 5.41) is 0. The second-order valence-corrected chi connectivity index (χ2v) is 6.90. The third-order valence-corrected chi connectivity index (χ3v) is 2.69. The molecule has 6 heteroatoms. The lowest BCUT2D eigenvalue weighted by atomic mass is 10.2. The highest BCUT2D eigenvalue weighted by atomic mass is 31.2. The summed E-state index contributed by atoms with van der Waals surface area (Å²) in [4.78, 5) is 9.35. The molecule has 5 nitrogen and oxygen atoms in total. The minimum absolute atomic E-state index is 0.202. The molecule has 0 heterocycles. The minimum Gasteiger partial charge on any atom is -0.329 e. The van der Waals surface area contributed by atoms with Crippen LogP contribution < -0.4 is 0 Å². The molecule has 0 aliphatic rings. The maximum absolute atomic E-state index is 11.4. The third-order valence-electron chi connectivity index (χ3n) is 1.41. The first kappa shape index (κ1) is 15.1. The van der Waals surface area contributed by atoms with Gasteiger partial charge in [-0.25, -0.2) is 4.57 Å². The van der Waals surface area contributed by atoms with Gasteiger partial charge in [-0.3, -0.25) is 9.05 Å². The average Bonchev–Trinajstić information content (AvgIpc) is 1.75. The Hall–Kier alpha value is 0.0700. The number of likely N-dealkylation sites (N-methyl/N-ethyl adjacent to an activating group) is 1. The second-order valence-electron chi connectivity index (χ2n) is 5.52. The Kier molecular flexibility index (Phi) is 4.96. The van der Waals surface area contributed by atoms with Crippen LogP contribution in [0.4, 0.5) is 0 Å². The number of phosphoric ester groups is 1. The van der Waals surface area contributed by atoms with Crippen LogP contribution in [0.2, 0.25) is 0 Å². The van der Waals surface area contributed by atoms with Gasteiger partial charge >= 0.3 is 7.82 Å². The van der Waals surface area contributed by atoms with Gasteiger partial charge in [-0.2, -0.15) is 0 Å². The summed E-state index contributed by atoms with van der Waals surface area (Å²) in [5.41, 5.74) is -0.680. The van der Waals surface area contributed by atoms with Gasteiger partial charge in [0.1, 0.15) is 13.2 Å². The van der Waals surface area contributed by atoms with Crippen molar-refractivity contribution in [1.82, 2.24) is 0 Å². The van der Waals surface area contributed by atoms with Gasteiger partial charge < -0.3 is 9.38 Å². The highest BCUT2D eigenvalue weighted by Gasteiger charge is 2.29. The summed E-state index contributed by atoms with van der Waals surface area (Å²) in [5.74, 6) is 0. The lowest BCUT2D eigenvalue weighted by molar-refractivity contribution is -0.870. The fraction of sp³-hybridized carbons (Fsp3) is 1.00. The zero-order valence-corrected chi connectivity index (χ0v) is 11.4. The quantitative estimate of drug-likeness (QED) is 0.586. The smallest absolute Gasteiger partial charge is 0.329 e. The Morgan fingerprint density at radius 3 is 2.07 bits per heavy atom. The van der Waals surface area contributed by atoms with Gasteiger partial charge in [0.05, 0.1) is 26.7 Å². The molecule has 92 valence electrons. The SMILES string of the molecule is CC(C)(C)OP(=O)(O)OCC[N+](C)(C)C. The summed E-state index contributed by atoms with van der Waals surface area (Å²) < 4.78 is 21.9. The van der Waals surface area contributed by atoms with Gasteiger partial charge in [-0.05, 0) is 20.8 Å². The van der Waals surface area contributed by atoms with Gasteiger partial charge in [-0.1, -0.05) is 0 Å². The average molecular weight is 240 g/mol. The van der Waals surface area contributed by atoms with Crippen molar-refractivity contribution in [2.45, 2.75) is 26.4 Å². The van der Waals surface area contributed by atoms with Crippen LogP contribution in [0, 0.1) is 0 Å². The van der Waals surface area contributed by atoms with Crippen LogP contribution in [0.3, 0.4) is 0 Å². The topological polar surface area (TPSA) is 55.8 Å². The van der Waals surface area contributed by atoms with Crippen LogP contribution in [-0.4, -0.2) is 49.3 Å². The molecular formula is C9H23NO4P+. The molecular weight excluding hydrogens is 217 g/mol. The van der Waals surface area contributed by atoms with Gasteiger partial charge in [0, 0.05) is 0 Å². The molecule has 0 aliphatic heterocycles. The molecule has 1 atom stereocenters. The maximum Gasteiger partial charge on any atom is 0.472 e. The molecule has 0 bridgehead atoms. The number of phosphoric acid groups is 1. The zero-order valence-electron chi connectivity index (χ0n) is 10.5. The molecule has 0 radical (unpaired) electrons. The summed E-state index contributed by atoms with van der Waals surface area (Å²) in [6.45, 7) is 5.97. The summed E-state index contributed by atoms with van der Waals surface area (Å²) >= 11 is 0. The van der Waals surface area contributed by atoms with Crippen molar-refractivity contribution >= 4 is 7.82 Å². The van der Waals surface area contributed by atoms with E-state index in [9.17, 15) is 9.46 Å². The predicted octanol–water partition coefficient (Wildman–Crippen LogP) is 1.62. The van der Waals surface area contributed by atoms with Crippen molar-refractivity contribution in [2.24, 2.45) is 0 Å². The van der Waals surface area contributed by atoms with Crippen molar-refractivity contribution in [3.63, 3.8) is 0 Å². The van der Waals surface area contributed by atoms with Gasteiger partial charge in [-0.15, -0.1) is 0 Å². The van der Waals surface area contributed by atoms with E-state index in [2.05, 4.69) is 0 Å². The highest BCUT2D eigenvalue weighted by Crippen LogP contribution is 2.46. The van der Waals surface area contributed by atoms with Crippen LogP contribution in [0.25, 0.3) is 0 Å². The molecule has 0 saturated heterocycles.